The Morgan fingerprint density at radius 1 is 0.971 bits per heavy atom. The molecule has 1 saturated heterocycles. The van der Waals surface area contributed by atoms with E-state index in [-0.39, 0.29) is 42.5 Å². The van der Waals surface area contributed by atoms with Gasteiger partial charge in [-0.1, -0.05) is 18.5 Å². The number of piperazine rings is 1. The van der Waals surface area contributed by atoms with E-state index in [1.54, 1.807) is 4.90 Å². The van der Waals surface area contributed by atoms with Gasteiger partial charge in [-0.05, 0) is 55.0 Å². The quantitative estimate of drug-likeness (QED) is 0.617. The number of carbonyl (C=O) groups is 3. The summed E-state index contributed by atoms with van der Waals surface area (Å²) in [7, 11) is -4.35. The summed E-state index contributed by atoms with van der Waals surface area (Å²) in [6.45, 7) is 2.70. The van der Waals surface area contributed by atoms with Crippen molar-refractivity contribution in [2.75, 3.05) is 26.2 Å². The maximum absolute atomic E-state index is 13.4. The van der Waals surface area contributed by atoms with Crippen molar-refractivity contribution in [2.45, 2.75) is 30.0 Å². The van der Waals surface area contributed by atoms with Crippen molar-refractivity contribution in [3.8, 4) is 0 Å². The topological polar surface area (TPSA) is 104 Å². The van der Waals surface area contributed by atoms with Gasteiger partial charge in [0.2, 0.25) is 21.1 Å². The molecule has 3 rings (SSSR count). The van der Waals surface area contributed by atoms with Crippen molar-refractivity contribution in [3.05, 3.63) is 64.9 Å². The molecule has 1 aliphatic heterocycles. The highest BCUT2D eigenvalue weighted by atomic mass is 35.5. The van der Waals surface area contributed by atoms with Gasteiger partial charge in [-0.15, -0.1) is 0 Å². The first kappa shape index (κ1) is 25.6. The van der Waals surface area contributed by atoms with Crippen LogP contribution in [0.15, 0.2) is 53.4 Å². The van der Waals surface area contributed by atoms with Gasteiger partial charge in [0, 0.05) is 43.2 Å². The highest BCUT2D eigenvalue weighted by Gasteiger charge is 2.39. The van der Waals surface area contributed by atoms with Crippen LogP contribution in [0.3, 0.4) is 0 Å². The zero-order chi connectivity index (χ0) is 24.9. The van der Waals surface area contributed by atoms with Crippen LogP contribution in [0.1, 0.15) is 30.1 Å². The van der Waals surface area contributed by atoms with Gasteiger partial charge < -0.3 is 15.1 Å². The van der Waals surface area contributed by atoms with E-state index in [0.29, 0.717) is 17.9 Å². The van der Waals surface area contributed by atoms with Gasteiger partial charge in [0.25, 0.3) is 11.8 Å². The van der Waals surface area contributed by atoms with Crippen LogP contribution in [0.2, 0.25) is 5.02 Å². The Balaban J connectivity index is 1.86. The second kappa shape index (κ2) is 11.0. The van der Waals surface area contributed by atoms with Crippen LogP contribution in [0, 0.1) is 5.82 Å². The summed E-state index contributed by atoms with van der Waals surface area (Å²) in [5.41, 5.74) is 0.000452. The number of halogens is 2. The highest BCUT2D eigenvalue weighted by molar-refractivity contribution is 7.92. The summed E-state index contributed by atoms with van der Waals surface area (Å²) in [4.78, 5) is 41.0. The van der Waals surface area contributed by atoms with Crippen molar-refractivity contribution in [3.63, 3.8) is 0 Å². The van der Waals surface area contributed by atoms with E-state index in [1.165, 1.54) is 41.3 Å². The fourth-order valence-electron chi connectivity index (χ4n) is 3.55. The molecule has 1 heterocycles. The van der Waals surface area contributed by atoms with Gasteiger partial charge in [0.15, 0.2) is 0 Å². The molecule has 1 N–H and O–H groups in total. The van der Waals surface area contributed by atoms with Gasteiger partial charge in [-0.3, -0.25) is 14.4 Å². The zero-order valence-corrected chi connectivity index (χ0v) is 20.1. The molecule has 8 nitrogen and oxygen atoms in total. The molecule has 182 valence electrons. The summed E-state index contributed by atoms with van der Waals surface area (Å²) < 4.78 is 40.0. The molecule has 0 aliphatic carbocycles. The molecule has 11 heteroatoms. The number of benzene rings is 2. The molecule has 1 unspecified atom stereocenters. The minimum absolute atomic E-state index is 0.000452. The van der Waals surface area contributed by atoms with Gasteiger partial charge >= 0.3 is 0 Å². The van der Waals surface area contributed by atoms with Crippen LogP contribution >= 0.6 is 11.6 Å². The molecule has 0 spiro atoms. The maximum Gasteiger partial charge on any atom is 0.261 e. The summed E-state index contributed by atoms with van der Waals surface area (Å²) in [6, 6.07) is 9.76. The van der Waals surface area contributed by atoms with Crippen molar-refractivity contribution in [1.29, 1.82) is 0 Å². The molecular formula is C23H25ClFN3O5S. The Hall–Kier alpha value is -2.98. The number of hydrogen-bond donors (Lipinski definition) is 1. The van der Waals surface area contributed by atoms with E-state index >= 15 is 0 Å². The van der Waals surface area contributed by atoms with Crippen LogP contribution in [0.4, 0.5) is 4.39 Å². The van der Waals surface area contributed by atoms with E-state index in [9.17, 15) is 27.2 Å². The lowest BCUT2D eigenvalue weighted by atomic mass is 10.2. The normalized spacial score (nSPS) is 15.0. The molecule has 2 aromatic carbocycles. The second-order valence-electron chi connectivity index (χ2n) is 7.82. The third kappa shape index (κ3) is 5.92. The van der Waals surface area contributed by atoms with Crippen molar-refractivity contribution in [2.24, 2.45) is 0 Å². The van der Waals surface area contributed by atoms with Crippen LogP contribution in [0.5, 0.6) is 0 Å². The molecule has 3 amide bonds. The molecule has 1 atom stereocenters. The van der Waals surface area contributed by atoms with Crippen molar-refractivity contribution < 1.29 is 27.2 Å². The largest absolute Gasteiger partial charge is 0.339 e. The predicted molar refractivity (Wildman–Crippen MR) is 124 cm³/mol. The molecular weight excluding hydrogens is 485 g/mol. The van der Waals surface area contributed by atoms with Gasteiger partial charge in [0.1, 0.15) is 5.82 Å². The van der Waals surface area contributed by atoms with Crippen LogP contribution < -0.4 is 5.32 Å². The first-order chi connectivity index (χ1) is 16.1. The standard InChI is InChI=1S/C23H25ClFN3O5S/c1-2-3-20(29)27-12-14-28(15-13-27)23(31)22(26-21(30)16-4-8-18(25)9-5-16)34(32,33)19-10-6-17(24)7-11-19/h4-11,22H,2-3,12-15H2,1H3,(H,26,30). The number of sulfone groups is 1. The van der Waals surface area contributed by atoms with E-state index in [1.807, 2.05) is 6.92 Å². The zero-order valence-electron chi connectivity index (χ0n) is 18.5. The SMILES string of the molecule is CCCC(=O)N1CCN(C(=O)C(NC(=O)c2ccc(F)cc2)S(=O)(=O)c2ccc(Cl)cc2)CC1. The number of amides is 3. The Morgan fingerprint density at radius 3 is 2.09 bits per heavy atom. The number of nitrogens with one attached hydrogen (secondary N) is 1. The summed E-state index contributed by atoms with van der Waals surface area (Å²) in [5.74, 6) is -2.24. The minimum atomic E-state index is -4.35. The average molecular weight is 510 g/mol. The van der Waals surface area contributed by atoms with E-state index in [4.69, 9.17) is 11.6 Å². The van der Waals surface area contributed by atoms with Crippen LogP contribution in [-0.4, -0.2) is 67.5 Å². The fraction of sp³-hybridized carbons (Fsp3) is 0.348. The summed E-state index contributed by atoms with van der Waals surface area (Å²) in [5, 5.41) is 0.701. The Bertz CT molecular complexity index is 1150. The molecule has 0 aromatic heterocycles. The Morgan fingerprint density at radius 2 is 1.53 bits per heavy atom. The fourth-order valence-corrected chi connectivity index (χ4v) is 5.14. The van der Waals surface area contributed by atoms with E-state index < -0.39 is 32.8 Å². The molecule has 34 heavy (non-hydrogen) atoms. The second-order valence-corrected chi connectivity index (χ2v) is 10.3. The molecule has 0 saturated carbocycles. The number of carbonyl (C=O) groups excluding carboxylic acids is 3. The van der Waals surface area contributed by atoms with Gasteiger partial charge in [-0.2, -0.15) is 0 Å². The van der Waals surface area contributed by atoms with Crippen LogP contribution in [-0.2, 0) is 19.4 Å². The first-order valence-electron chi connectivity index (χ1n) is 10.8. The molecule has 2 aromatic rings. The van der Waals surface area contributed by atoms with Gasteiger partial charge in [0.05, 0.1) is 4.90 Å². The lowest BCUT2D eigenvalue weighted by Gasteiger charge is -2.36. The van der Waals surface area contributed by atoms with Crippen molar-refractivity contribution >= 4 is 39.2 Å². The lowest BCUT2D eigenvalue weighted by Crippen LogP contribution is -2.57. The number of nitrogens with zero attached hydrogens (tertiary/aromatic N) is 2. The molecule has 0 radical (unpaired) electrons. The third-order valence-corrected chi connectivity index (χ3v) is 7.57. The number of rotatable bonds is 7. The molecule has 0 bridgehead atoms. The molecule has 1 fully saturated rings. The average Bonchev–Trinajstić information content (AvgIpc) is 2.83. The van der Waals surface area contributed by atoms with E-state index in [0.717, 1.165) is 12.1 Å². The lowest BCUT2D eigenvalue weighted by molar-refractivity contribution is -0.139. The predicted octanol–water partition coefficient (Wildman–Crippen LogP) is 2.48. The van der Waals surface area contributed by atoms with Gasteiger partial charge in [-0.25, -0.2) is 12.8 Å². The summed E-state index contributed by atoms with van der Waals surface area (Å²) >= 11 is 5.86. The Kier molecular flexibility index (Phi) is 8.27. The van der Waals surface area contributed by atoms with Crippen LogP contribution in [0.25, 0.3) is 0 Å². The minimum Gasteiger partial charge on any atom is -0.339 e. The maximum atomic E-state index is 13.4. The van der Waals surface area contributed by atoms with Crippen molar-refractivity contribution in [1.82, 2.24) is 15.1 Å². The molecule has 1 aliphatic rings. The monoisotopic (exact) mass is 509 g/mol. The highest BCUT2D eigenvalue weighted by Crippen LogP contribution is 2.20. The smallest absolute Gasteiger partial charge is 0.261 e. The van der Waals surface area contributed by atoms with E-state index in [2.05, 4.69) is 5.32 Å². The third-order valence-electron chi connectivity index (χ3n) is 5.45. The summed E-state index contributed by atoms with van der Waals surface area (Å²) in [6.07, 6.45) is 1.10. The first-order valence-corrected chi connectivity index (χ1v) is 12.7. The Labute approximate surface area is 202 Å². The number of hydrogen-bond acceptors (Lipinski definition) is 5.